The van der Waals surface area contributed by atoms with E-state index in [1.165, 1.54) is 5.69 Å². The highest BCUT2D eigenvalue weighted by Crippen LogP contribution is 2.10. The smallest absolute Gasteiger partial charge is 0.0479 e. The molecule has 0 aliphatic rings. The molecule has 0 saturated carbocycles. The van der Waals surface area contributed by atoms with Crippen molar-refractivity contribution in [2.24, 2.45) is 5.73 Å². The number of aryl methyl sites for hydroxylation is 1. The third kappa shape index (κ3) is 2.86. The highest BCUT2D eigenvalue weighted by atomic mass is 16.5. The van der Waals surface area contributed by atoms with Crippen molar-refractivity contribution in [3.8, 4) is 0 Å². The molecule has 0 aliphatic carbocycles. The Morgan fingerprint density at radius 3 is 3.00 bits per heavy atom. The molecule has 0 aliphatic heterocycles. The van der Waals surface area contributed by atoms with Gasteiger partial charge in [-0.05, 0) is 25.5 Å². The molecule has 3 heteroatoms. The normalized spacial score (nSPS) is 13.2. The van der Waals surface area contributed by atoms with Gasteiger partial charge in [-0.3, -0.25) is 0 Å². The van der Waals surface area contributed by atoms with Crippen molar-refractivity contribution in [3.05, 3.63) is 24.0 Å². The van der Waals surface area contributed by atoms with Gasteiger partial charge in [-0.2, -0.15) is 0 Å². The van der Waals surface area contributed by atoms with Gasteiger partial charge in [-0.1, -0.05) is 0 Å². The van der Waals surface area contributed by atoms with E-state index in [2.05, 4.69) is 16.8 Å². The lowest BCUT2D eigenvalue weighted by molar-refractivity contribution is 0.190. The van der Waals surface area contributed by atoms with Crippen LogP contribution in [0.1, 0.15) is 25.1 Å². The van der Waals surface area contributed by atoms with Crippen molar-refractivity contribution in [1.82, 2.24) is 4.57 Å². The van der Waals surface area contributed by atoms with Gasteiger partial charge in [0.05, 0.1) is 0 Å². The van der Waals surface area contributed by atoms with Crippen LogP contribution >= 0.6 is 0 Å². The monoisotopic (exact) mass is 182 g/mol. The number of aromatic nitrogens is 1. The fraction of sp³-hybridized carbons (Fsp3) is 0.600. The fourth-order valence-corrected chi connectivity index (χ4v) is 1.42. The molecule has 0 radical (unpaired) electrons. The summed E-state index contributed by atoms with van der Waals surface area (Å²) in [5, 5.41) is 0. The summed E-state index contributed by atoms with van der Waals surface area (Å²) in [5.41, 5.74) is 7.00. The van der Waals surface area contributed by atoms with Crippen LogP contribution in [-0.4, -0.2) is 18.3 Å². The number of nitrogens with zero attached hydrogens (tertiary/aromatic N) is 1. The van der Waals surface area contributed by atoms with E-state index < -0.39 is 0 Å². The highest BCUT2D eigenvalue weighted by molar-refractivity contribution is 5.10. The molecule has 1 atom stereocenters. The van der Waals surface area contributed by atoms with Gasteiger partial charge >= 0.3 is 0 Å². The lowest BCUT2D eigenvalue weighted by Gasteiger charge is -2.11. The van der Waals surface area contributed by atoms with Gasteiger partial charge in [0, 0.05) is 38.2 Å². The van der Waals surface area contributed by atoms with Crippen molar-refractivity contribution in [2.75, 3.05) is 13.7 Å². The Morgan fingerprint density at radius 1 is 1.62 bits per heavy atom. The van der Waals surface area contributed by atoms with Crippen LogP contribution in [0.15, 0.2) is 18.3 Å². The Balaban J connectivity index is 2.50. The SMILES string of the molecule is COCCCn1cccc1C(C)N. The molecular formula is C10H18N2O. The van der Waals surface area contributed by atoms with E-state index in [0.29, 0.717) is 0 Å². The number of ether oxygens (including phenoxy) is 1. The Kier molecular flexibility index (Phi) is 3.99. The van der Waals surface area contributed by atoms with Crippen LogP contribution in [0.4, 0.5) is 0 Å². The van der Waals surface area contributed by atoms with Gasteiger partial charge < -0.3 is 15.0 Å². The summed E-state index contributed by atoms with van der Waals surface area (Å²) in [7, 11) is 1.72. The summed E-state index contributed by atoms with van der Waals surface area (Å²) in [5.74, 6) is 0. The minimum atomic E-state index is 0.109. The van der Waals surface area contributed by atoms with Gasteiger partial charge in [0.2, 0.25) is 0 Å². The Morgan fingerprint density at radius 2 is 2.38 bits per heavy atom. The Hall–Kier alpha value is -0.800. The summed E-state index contributed by atoms with van der Waals surface area (Å²) in [6.45, 7) is 3.79. The summed E-state index contributed by atoms with van der Waals surface area (Å²) in [4.78, 5) is 0. The number of hydrogen-bond acceptors (Lipinski definition) is 2. The molecule has 1 rings (SSSR count). The first-order chi connectivity index (χ1) is 6.25. The van der Waals surface area contributed by atoms with E-state index in [-0.39, 0.29) is 6.04 Å². The second-order valence-corrected chi connectivity index (χ2v) is 3.26. The summed E-state index contributed by atoms with van der Waals surface area (Å²) in [6, 6.07) is 4.21. The van der Waals surface area contributed by atoms with Crippen LogP contribution in [0.25, 0.3) is 0 Å². The van der Waals surface area contributed by atoms with Crippen LogP contribution in [0.2, 0.25) is 0 Å². The predicted octanol–water partition coefficient (Wildman–Crippen LogP) is 1.54. The second-order valence-electron chi connectivity index (χ2n) is 3.26. The lowest BCUT2D eigenvalue weighted by atomic mass is 10.2. The minimum absolute atomic E-state index is 0.109. The molecule has 13 heavy (non-hydrogen) atoms. The molecule has 1 aromatic heterocycles. The molecule has 3 nitrogen and oxygen atoms in total. The molecule has 0 fully saturated rings. The maximum absolute atomic E-state index is 5.81. The van der Waals surface area contributed by atoms with Crippen molar-refractivity contribution < 1.29 is 4.74 Å². The van der Waals surface area contributed by atoms with Crippen molar-refractivity contribution >= 4 is 0 Å². The zero-order chi connectivity index (χ0) is 9.68. The molecule has 1 aromatic rings. The van der Waals surface area contributed by atoms with Crippen LogP contribution in [-0.2, 0) is 11.3 Å². The molecule has 2 N–H and O–H groups in total. The van der Waals surface area contributed by atoms with E-state index in [1.54, 1.807) is 7.11 Å². The number of rotatable bonds is 5. The van der Waals surface area contributed by atoms with Crippen LogP contribution in [0.3, 0.4) is 0 Å². The molecule has 1 unspecified atom stereocenters. The highest BCUT2D eigenvalue weighted by Gasteiger charge is 2.04. The number of hydrogen-bond donors (Lipinski definition) is 1. The molecular weight excluding hydrogens is 164 g/mol. The quantitative estimate of drug-likeness (QED) is 0.702. The third-order valence-electron chi connectivity index (χ3n) is 2.08. The van der Waals surface area contributed by atoms with Gasteiger partial charge in [0.25, 0.3) is 0 Å². The molecule has 0 saturated heterocycles. The Bertz CT molecular complexity index is 243. The standard InChI is InChI=1S/C10H18N2O/c1-9(11)10-5-3-6-12(10)7-4-8-13-2/h3,5-6,9H,4,7-8,11H2,1-2H3. The second kappa shape index (κ2) is 5.04. The minimum Gasteiger partial charge on any atom is -0.385 e. The van der Waals surface area contributed by atoms with Crippen LogP contribution in [0.5, 0.6) is 0 Å². The first kappa shape index (κ1) is 10.3. The predicted molar refractivity (Wildman–Crippen MR) is 53.5 cm³/mol. The van der Waals surface area contributed by atoms with E-state index in [4.69, 9.17) is 10.5 Å². The molecule has 0 bridgehead atoms. The van der Waals surface area contributed by atoms with Gasteiger partial charge in [0.1, 0.15) is 0 Å². The molecule has 74 valence electrons. The topological polar surface area (TPSA) is 40.2 Å². The van der Waals surface area contributed by atoms with Crippen molar-refractivity contribution in [3.63, 3.8) is 0 Å². The fourth-order valence-electron chi connectivity index (χ4n) is 1.42. The first-order valence-electron chi connectivity index (χ1n) is 4.65. The average Bonchev–Trinajstić information content (AvgIpc) is 2.53. The maximum atomic E-state index is 5.81. The van der Waals surface area contributed by atoms with Crippen LogP contribution < -0.4 is 5.73 Å². The molecule has 0 aromatic carbocycles. The van der Waals surface area contributed by atoms with Gasteiger partial charge in [-0.25, -0.2) is 0 Å². The van der Waals surface area contributed by atoms with E-state index in [1.807, 2.05) is 13.0 Å². The summed E-state index contributed by atoms with van der Waals surface area (Å²) in [6.07, 6.45) is 3.10. The first-order valence-corrected chi connectivity index (χ1v) is 4.65. The number of nitrogens with two attached hydrogens (primary N) is 1. The van der Waals surface area contributed by atoms with Crippen LogP contribution in [0, 0.1) is 0 Å². The van der Waals surface area contributed by atoms with Crippen molar-refractivity contribution in [1.29, 1.82) is 0 Å². The number of methoxy groups -OCH3 is 1. The average molecular weight is 182 g/mol. The van der Waals surface area contributed by atoms with E-state index in [9.17, 15) is 0 Å². The third-order valence-corrected chi connectivity index (χ3v) is 2.08. The van der Waals surface area contributed by atoms with E-state index in [0.717, 1.165) is 19.6 Å². The van der Waals surface area contributed by atoms with Crippen molar-refractivity contribution in [2.45, 2.75) is 25.9 Å². The lowest BCUT2D eigenvalue weighted by Crippen LogP contribution is -2.12. The maximum Gasteiger partial charge on any atom is 0.0479 e. The Labute approximate surface area is 79.5 Å². The van der Waals surface area contributed by atoms with Gasteiger partial charge in [-0.15, -0.1) is 0 Å². The molecule has 1 heterocycles. The zero-order valence-corrected chi connectivity index (χ0v) is 8.36. The summed E-state index contributed by atoms with van der Waals surface area (Å²) < 4.78 is 7.18. The van der Waals surface area contributed by atoms with E-state index >= 15 is 0 Å². The molecule has 0 amide bonds. The zero-order valence-electron chi connectivity index (χ0n) is 8.36. The summed E-state index contributed by atoms with van der Waals surface area (Å²) >= 11 is 0. The molecule has 0 spiro atoms. The van der Waals surface area contributed by atoms with Gasteiger partial charge in [0.15, 0.2) is 0 Å². The largest absolute Gasteiger partial charge is 0.385 e.